The summed E-state index contributed by atoms with van der Waals surface area (Å²) < 4.78 is 27.3. The van der Waals surface area contributed by atoms with Crippen LogP contribution in [0.15, 0.2) is 88.9 Å². The van der Waals surface area contributed by atoms with Gasteiger partial charge >= 0.3 is 0 Å². The maximum atomic E-state index is 13.3. The van der Waals surface area contributed by atoms with Crippen LogP contribution in [0.4, 0.5) is 11.4 Å². The molecule has 0 atom stereocenters. The minimum atomic E-state index is -4.30. The lowest BCUT2D eigenvalue weighted by Gasteiger charge is -2.23. The minimum Gasteiger partial charge on any atom is -0.271 e. The number of nitrogens with one attached hydrogen (secondary N) is 1. The summed E-state index contributed by atoms with van der Waals surface area (Å²) in [6, 6.07) is 19.4. The first-order valence-corrected chi connectivity index (χ1v) is 11.4. The highest BCUT2D eigenvalue weighted by molar-refractivity contribution is 7.92. The molecule has 0 bridgehead atoms. The quantitative estimate of drug-likeness (QED) is 0.293. The minimum absolute atomic E-state index is 0.114. The number of nitrogens with zero attached hydrogens (tertiary/aromatic N) is 3. The second-order valence-electron chi connectivity index (χ2n) is 6.81. The number of sulfonamides is 1. The summed E-state index contributed by atoms with van der Waals surface area (Å²) in [5.74, 6) is -0.777. The van der Waals surface area contributed by atoms with Crippen molar-refractivity contribution in [3.8, 4) is 0 Å². The molecule has 33 heavy (non-hydrogen) atoms. The number of benzene rings is 3. The summed E-state index contributed by atoms with van der Waals surface area (Å²) in [7, 11) is -4.30. The van der Waals surface area contributed by atoms with E-state index in [-0.39, 0.29) is 10.6 Å². The fraction of sp³-hybridized carbons (Fsp3) is 0.0909. The number of carbonyl (C=O) groups excluding carboxylic acids is 1. The highest BCUT2D eigenvalue weighted by Gasteiger charge is 2.31. The summed E-state index contributed by atoms with van der Waals surface area (Å²) in [5.41, 5.74) is 2.78. The standard InChI is InChI=1S/C22H19ClN4O5S/c1-16(17-11-13-18(23)14-12-17)24-25-22(28)15-26(20-9-5-6-10-21(20)27(29)30)33(31,32)19-7-3-2-4-8-19/h2-14H,15H2,1H3,(H,25,28)/b24-16-. The third kappa shape index (κ3) is 5.73. The molecule has 11 heteroatoms. The number of anilines is 1. The van der Waals surface area contributed by atoms with Gasteiger partial charge in [-0.05, 0) is 42.8 Å². The summed E-state index contributed by atoms with van der Waals surface area (Å²) in [6.07, 6.45) is 0. The van der Waals surface area contributed by atoms with Crippen molar-refractivity contribution < 1.29 is 18.1 Å². The molecule has 3 aromatic rings. The smallest absolute Gasteiger partial charge is 0.271 e. The number of hydrazone groups is 1. The Morgan fingerprint density at radius 1 is 1.03 bits per heavy atom. The van der Waals surface area contributed by atoms with Gasteiger partial charge in [0.15, 0.2) is 0 Å². The summed E-state index contributed by atoms with van der Waals surface area (Å²) in [6.45, 7) is 0.934. The van der Waals surface area contributed by atoms with E-state index in [0.717, 1.165) is 0 Å². The van der Waals surface area contributed by atoms with Crippen LogP contribution in [0.1, 0.15) is 12.5 Å². The first-order valence-electron chi connectivity index (χ1n) is 9.60. The molecule has 0 saturated carbocycles. The Balaban J connectivity index is 1.94. The van der Waals surface area contributed by atoms with Gasteiger partial charge in [0.2, 0.25) is 0 Å². The van der Waals surface area contributed by atoms with Crippen LogP contribution in [0.3, 0.4) is 0 Å². The van der Waals surface area contributed by atoms with Gasteiger partial charge in [0.05, 0.1) is 15.5 Å². The van der Waals surface area contributed by atoms with Crippen molar-refractivity contribution >= 4 is 44.6 Å². The van der Waals surface area contributed by atoms with Gasteiger partial charge in [-0.15, -0.1) is 0 Å². The number of rotatable bonds is 8. The van der Waals surface area contributed by atoms with Crippen molar-refractivity contribution in [2.75, 3.05) is 10.8 Å². The summed E-state index contributed by atoms with van der Waals surface area (Å²) >= 11 is 5.87. The summed E-state index contributed by atoms with van der Waals surface area (Å²) in [4.78, 5) is 23.4. The van der Waals surface area contributed by atoms with Gasteiger partial charge in [0.1, 0.15) is 12.2 Å². The highest BCUT2D eigenvalue weighted by atomic mass is 35.5. The van der Waals surface area contributed by atoms with Crippen molar-refractivity contribution in [1.29, 1.82) is 0 Å². The summed E-state index contributed by atoms with van der Waals surface area (Å²) in [5, 5.41) is 16.1. The largest absolute Gasteiger partial charge is 0.293 e. The van der Waals surface area contributed by atoms with E-state index in [9.17, 15) is 23.3 Å². The Hall–Kier alpha value is -3.76. The number of para-hydroxylation sites is 2. The highest BCUT2D eigenvalue weighted by Crippen LogP contribution is 2.31. The molecule has 3 aromatic carbocycles. The van der Waals surface area contributed by atoms with Crippen LogP contribution in [0.5, 0.6) is 0 Å². The van der Waals surface area contributed by atoms with Gasteiger partial charge in [-0.3, -0.25) is 14.9 Å². The molecule has 1 N–H and O–H groups in total. The molecule has 0 heterocycles. The maximum Gasteiger partial charge on any atom is 0.293 e. The van der Waals surface area contributed by atoms with E-state index in [2.05, 4.69) is 10.5 Å². The van der Waals surface area contributed by atoms with E-state index >= 15 is 0 Å². The molecule has 3 rings (SSSR count). The molecule has 0 aliphatic carbocycles. The normalized spacial score (nSPS) is 11.6. The van der Waals surface area contributed by atoms with E-state index in [1.807, 2.05) is 0 Å². The molecule has 9 nitrogen and oxygen atoms in total. The van der Waals surface area contributed by atoms with Gasteiger partial charge in [-0.25, -0.2) is 18.1 Å². The first-order chi connectivity index (χ1) is 15.7. The number of amides is 1. The molecule has 0 aliphatic heterocycles. The topological polar surface area (TPSA) is 122 Å². The number of carbonyl (C=O) groups is 1. The molecule has 0 aliphatic rings. The third-order valence-electron chi connectivity index (χ3n) is 4.58. The lowest BCUT2D eigenvalue weighted by atomic mass is 10.1. The predicted molar refractivity (Wildman–Crippen MR) is 126 cm³/mol. The van der Waals surface area contributed by atoms with Crippen molar-refractivity contribution in [2.45, 2.75) is 11.8 Å². The molecule has 0 unspecified atom stereocenters. The Morgan fingerprint density at radius 3 is 2.27 bits per heavy atom. The molecular formula is C22H19ClN4O5S. The van der Waals surface area contributed by atoms with Gasteiger partial charge in [0, 0.05) is 11.1 Å². The van der Waals surface area contributed by atoms with Crippen LogP contribution in [0.2, 0.25) is 5.02 Å². The molecule has 0 saturated heterocycles. The number of hydrogen-bond donors (Lipinski definition) is 1. The number of nitro benzene ring substituents is 1. The van der Waals surface area contributed by atoms with Crippen LogP contribution in [-0.4, -0.2) is 31.5 Å². The second kappa shape index (κ2) is 10.2. The SMILES string of the molecule is C/C(=N/NC(=O)CN(c1ccccc1[N+](=O)[O-])S(=O)(=O)c1ccccc1)c1ccc(Cl)cc1. The van der Waals surface area contributed by atoms with Crippen molar-refractivity contribution in [3.63, 3.8) is 0 Å². The molecule has 1 amide bonds. The van der Waals surface area contributed by atoms with E-state index in [4.69, 9.17) is 11.6 Å². The van der Waals surface area contributed by atoms with Crippen LogP contribution < -0.4 is 9.73 Å². The Morgan fingerprint density at radius 2 is 1.64 bits per heavy atom. The number of hydrogen-bond acceptors (Lipinski definition) is 6. The molecule has 0 fully saturated rings. The average Bonchev–Trinajstić information content (AvgIpc) is 2.82. The van der Waals surface area contributed by atoms with E-state index in [1.54, 1.807) is 37.3 Å². The van der Waals surface area contributed by atoms with Crippen molar-refractivity contribution in [2.24, 2.45) is 5.10 Å². The molecule has 0 aromatic heterocycles. The lowest BCUT2D eigenvalue weighted by Crippen LogP contribution is -2.40. The lowest BCUT2D eigenvalue weighted by molar-refractivity contribution is -0.384. The zero-order valence-corrected chi connectivity index (χ0v) is 19.0. The zero-order valence-electron chi connectivity index (χ0n) is 17.4. The van der Waals surface area contributed by atoms with Crippen LogP contribution in [0.25, 0.3) is 0 Å². The van der Waals surface area contributed by atoms with Crippen LogP contribution >= 0.6 is 11.6 Å². The molecular weight excluding hydrogens is 468 g/mol. The van der Waals surface area contributed by atoms with Crippen molar-refractivity contribution in [3.05, 3.63) is 99.6 Å². The predicted octanol–water partition coefficient (Wildman–Crippen LogP) is 3.98. The number of halogens is 1. The molecule has 0 radical (unpaired) electrons. The van der Waals surface area contributed by atoms with Gasteiger partial charge < -0.3 is 0 Å². The first kappa shape index (κ1) is 23.9. The third-order valence-corrected chi connectivity index (χ3v) is 6.60. The van der Waals surface area contributed by atoms with Gasteiger partial charge in [-0.2, -0.15) is 5.10 Å². The van der Waals surface area contributed by atoms with E-state index in [1.165, 1.54) is 48.5 Å². The van der Waals surface area contributed by atoms with Crippen LogP contribution in [0, 0.1) is 10.1 Å². The van der Waals surface area contributed by atoms with Crippen LogP contribution in [-0.2, 0) is 14.8 Å². The second-order valence-corrected chi connectivity index (χ2v) is 9.11. The Bertz CT molecular complexity index is 1300. The van der Waals surface area contributed by atoms with Gasteiger partial charge in [-0.1, -0.05) is 54.1 Å². The molecule has 0 spiro atoms. The maximum absolute atomic E-state index is 13.3. The zero-order chi connectivity index (χ0) is 24.0. The van der Waals surface area contributed by atoms with E-state index in [0.29, 0.717) is 20.6 Å². The van der Waals surface area contributed by atoms with E-state index < -0.39 is 33.1 Å². The van der Waals surface area contributed by atoms with Crippen molar-refractivity contribution in [1.82, 2.24) is 5.43 Å². The number of nitro groups is 1. The molecule has 170 valence electrons. The van der Waals surface area contributed by atoms with Gasteiger partial charge in [0.25, 0.3) is 21.6 Å². The Labute approximate surface area is 195 Å². The Kier molecular flexibility index (Phi) is 7.41. The fourth-order valence-electron chi connectivity index (χ4n) is 2.92. The average molecular weight is 487 g/mol. The monoisotopic (exact) mass is 486 g/mol. The fourth-order valence-corrected chi connectivity index (χ4v) is 4.50.